The highest BCUT2D eigenvalue weighted by Gasteiger charge is 2.45. The van der Waals surface area contributed by atoms with E-state index in [-0.39, 0.29) is 5.60 Å². The van der Waals surface area contributed by atoms with Crippen LogP contribution in [0.2, 0.25) is 0 Å². The zero-order valence-electron chi connectivity index (χ0n) is 14.6. The van der Waals surface area contributed by atoms with Crippen molar-refractivity contribution in [1.29, 1.82) is 0 Å². The summed E-state index contributed by atoms with van der Waals surface area (Å²) in [6.45, 7) is 0.748. The minimum Gasteiger partial charge on any atom is -0.487 e. The minimum atomic E-state index is 0.0335. The first kappa shape index (κ1) is 15.6. The second kappa shape index (κ2) is 6.25. The Kier molecular flexibility index (Phi) is 3.75. The number of ether oxygens (including phenoxy) is 1. The van der Waals surface area contributed by atoms with Gasteiger partial charge in [0.1, 0.15) is 11.4 Å². The first-order valence-electron chi connectivity index (χ1n) is 9.28. The van der Waals surface area contributed by atoms with E-state index in [9.17, 15) is 0 Å². The second-order valence-corrected chi connectivity index (χ2v) is 7.25. The van der Waals surface area contributed by atoms with E-state index in [2.05, 4.69) is 45.7 Å². The summed E-state index contributed by atoms with van der Waals surface area (Å²) in [5.41, 5.74) is 2.43. The standard InChI is InChI=1S/C21H22N4O/c1-2-8-19-17(7-1)18(14-21(26-19)9-4-10-21)23-15-16-6-3-11-22-20(16)25-13-5-12-24-25/h1-3,5-8,11-13,18,23H,4,9-10,14-15H2/t18-/m1/s1. The second-order valence-electron chi connectivity index (χ2n) is 7.25. The van der Waals surface area contributed by atoms with Gasteiger partial charge < -0.3 is 10.1 Å². The Bertz CT molecular complexity index is 902. The predicted molar refractivity (Wildman–Crippen MR) is 99.2 cm³/mol. The average molecular weight is 346 g/mol. The fraction of sp³-hybridized carbons (Fsp3) is 0.333. The number of aromatic nitrogens is 3. The number of nitrogens with one attached hydrogen (secondary N) is 1. The highest BCUT2D eigenvalue weighted by atomic mass is 16.5. The summed E-state index contributed by atoms with van der Waals surface area (Å²) in [6, 6.07) is 14.7. The summed E-state index contributed by atoms with van der Waals surface area (Å²) in [6.07, 6.45) is 10.1. The zero-order chi connectivity index (χ0) is 17.4. The number of nitrogens with zero attached hydrogens (tertiary/aromatic N) is 3. The number of para-hydroxylation sites is 1. The van der Waals surface area contributed by atoms with E-state index < -0.39 is 0 Å². The lowest BCUT2D eigenvalue weighted by molar-refractivity contribution is -0.0371. The zero-order valence-corrected chi connectivity index (χ0v) is 14.6. The van der Waals surface area contributed by atoms with Crippen LogP contribution in [0, 0.1) is 0 Å². The molecule has 2 aromatic heterocycles. The summed E-state index contributed by atoms with van der Waals surface area (Å²) in [4.78, 5) is 4.52. The molecule has 5 heteroatoms. The van der Waals surface area contributed by atoms with Gasteiger partial charge in [0.2, 0.25) is 0 Å². The van der Waals surface area contributed by atoms with Gasteiger partial charge in [-0.1, -0.05) is 24.3 Å². The van der Waals surface area contributed by atoms with Crippen molar-refractivity contribution in [3.8, 4) is 11.6 Å². The fourth-order valence-corrected chi connectivity index (χ4v) is 4.08. The van der Waals surface area contributed by atoms with Crippen LogP contribution in [-0.4, -0.2) is 20.4 Å². The summed E-state index contributed by atoms with van der Waals surface area (Å²) < 4.78 is 8.18. The number of fused-ring (bicyclic) bond motifs is 1. The Hall–Kier alpha value is -2.66. The predicted octanol–water partition coefficient (Wildman–Crippen LogP) is 3.80. The lowest BCUT2D eigenvalue weighted by Gasteiger charge is -2.48. The average Bonchev–Trinajstić information content (AvgIpc) is 3.19. The maximum Gasteiger partial charge on any atom is 0.157 e. The van der Waals surface area contributed by atoms with Gasteiger partial charge in [0.05, 0.1) is 0 Å². The molecule has 0 unspecified atom stereocenters. The monoisotopic (exact) mass is 346 g/mol. The van der Waals surface area contributed by atoms with Gasteiger partial charge in [-0.2, -0.15) is 5.10 Å². The molecule has 1 N–H and O–H groups in total. The van der Waals surface area contributed by atoms with E-state index in [4.69, 9.17) is 4.74 Å². The highest BCUT2D eigenvalue weighted by Crippen LogP contribution is 2.48. The van der Waals surface area contributed by atoms with Crippen LogP contribution in [0.25, 0.3) is 5.82 Å². The Morgan fingerprint density at radius 3 is 2.85 bits per heavy atom. The van der Waals surface area contributed by atoms with Crippen LogP contribution in [0.15, 0.2) is 61.1 Å². The Morgan fingerprint density at radius 1 is 1.12 bits per heavy atom. The van der Waals surface area contributed by atoms with Gasteiger partial charge in [-0.05, 0) is 37.5 Å². The lowest BCUT2D eigenvalue weighted by atomic mass is 9.73. The first-order chi connectivity index (χ1) is 12.8. The van der Waals surface area contributed by atoms with Gasteiger partial charge in [0.25, 0.3) is 0 Å². The van der Waals surface area contributed by atoms with Crippen molar-refractivity contribution in [3.05, 3.63) is 72.2 Å². The SMILES string of the molecule is c1cnc(-n2cccn2)c(CN[C@@H]2CC3(CCC3)Oc3ccccc32)c1. The van der Waals surface area contributed by atoms with Gasteiger partial charge in [0, 0.05) is 48.7 Å². The third-order valence-electron chi connectivity index (χ3n) is 5.59. The molecule has 1 saturated carbocycles. The van der Waals surface area contributed by atoms with Crippen LogP contribution in [-0.2, 0) is 6.54 Å². The highest BCUT2D eigenvalue weighted by molar-refractivity contribution is 5.40. The molecule has 5 rings (SSSR count). The molecule has 3 heterocycles. The van der Waals surface area contributed by atoms with Crippen LogP contribution in [0.5, 0.6) is 5.75 Å². The van der Waals surface area contributed by atoms with E-state index in [1.165, 1.54) is 12.0 Å². The Balaban J connectivity index is 1.41. The largest absolute Gasteiger partial charge is 0.487 e. The van der Waals surface area contributed by atoms with Crippen LogP contribution >= 0.6 is 0 Å². The molecule has 1 fully saturated rings. The summed E-state index contributed by atoms with van der Waals surface area (Å²) >= 11 is 0. The van der Waals surface area contributed by atoms with Gasteiger partial charge in [-0.3, -0.25) is 0 Å². The van der Waals surface area contributed by atoms with Gasteiger partial charge in [-0.25, -0.2) is 9.67 Å². The van der Waals surface area contributed by atoms with Crippen molar-refractivity contribution < 1.29 is 4.74 Å². The fourth-order valence-electron chi connectivity index (χ4n) is 4.08. The van der Waals surface area contributed by atoms with Gasteiger partial charge in [-0.15, -0.1) is 0 Å². The first-order valence-corrected chi connectivity index (χ1v) is 9.28. The molecule has 1 aromatic carbocycles. The normalized spacial score (nSPS) is 20.2. The minimum absolute atomic E-state index is 0.0335. The molecule has 0 bridgehead atoms. The third-order valence-corrected chi connectivity index (χ3v) is 5.59. The van der Waals surface area contributed by atoms with Crippen molar-refractivity contribution >= 4 is 0 Å². The number of hydrogen-bond donors (Lipinski definition) is 1. The Labute approximate surface area is 153 Å². The van der Waals surface area contributed by atoms with Crippen LogP contribution in [0.4, 0.5) is 0 Å². The third kappa shape index (κ3) is 2.69. The van der Waals surface area contributed by atoms with Crippen molar-refractivity contribution in [2.75, 3.05) is 0 Å². The molecule has 0 radical (unpaired) electrons. The van der Waals surface area contributed by atoms with Crippen molar-refractivity contribution in [3.63, 3.8) is 0 Å². The van der Waals surface area contributed by atoms with E-state index in [1.807, 2.05) is 29.2 Å². The van der Waals surface area contributed by atoms with Crippen LogP contribution in [0.3, 0.4) is 0 Å². The van der Waals surface area contributed by atoms with E-state index in [1.54, 1.807) is 6.20 Å². The molecule has 132 valence electrons. The summed E-state index contributed by atoms with van der Waals surface area (Å²) in [5, 5.41) is 8.09. The molecule has 3 aromatic rings. The van der Waals surface area contributed by atoms with E-state index >= 15 is 0 Å². The van der Waals surface area contributed by atoms with Crippen LogP contribution < -0.4 is 10.1 Å². The maximum absolute atomic E-state index is 6.35. The summed E-state index contributed by atoms with van der Waals surface area (Å²) in [5.74, 6) is 1.91. The molecule has 1 spiro atoms. The molecule has 0 saturated heterocycles. The number of pyridine rings is 1. The molecule has 1 aliphatic heterocycles. The lowest BCUT2D eigenvalue weighted by Crippen LogP contribution is -2.49. The van der Waals surface area contributed by atoms with Gasteiger partial charge in [0.15, 0.2) is 5.82 Å². The van der Waals surface area contributed by atoms with Crippen molar-refractivity contribution in [1.82, 2.24) is 20.1 Å². The molecule has 5 nitrogen and oxygen atoms in total. The number of rotatable bonds is 4. The van der Waals surface area contributed by atoms with Crippen LogP contribution in [0.1, 0.15) is 42.9 Å². The Morgan fingerprint density at radius 2 is 2.04 bits per heavy atom. The van der Waals surface area contributed by atoms with Crippen molar-refractivity contribution in [2.24, 2.45) is 0 Å². The molecule has 1 aliphatic carbocycles. The van der Waals surface area contributed by atoms with E-state index in [0.29, 0.717) is 6.04 Å². The molecule has 1 atom stereocenters. The quantitative estimate of drug-likeness (QED) is 0.781. The molecular formula is C21H22N4O. The molecule has 26 heavy (non-hydrogen) atoms. The smallest absolute Gasteiger partial charge is 0.157 e. The maximum atomic E-state index is 6.35. The molecule has 2 aliphatic rings. The summed E-state index contributed by atoms with van der Waals surface area (Å²) in [7, 11) is 0. The number of hydrogen-bond acceptors (Lipinski definition) is 4. The topological polar surface area (TPSA) is 52.0 Å². The number of benzene rings is 1. The molecular weight excluding hydrogens is 324 g/mol. The molecule has 0 amide bonds. The van der Waals surface area contributed by atoms with Crippen molar-refractivity contribution in [2.45, 2.75) is 43.9 Å². The van der Waals surface area contributed by atoms with E-state index in [0.717, 1.165) is 42.9 Å². The van der Waals surface area contributed by atoms with Gasteiger partial charge >= 0.3 is 0 Å².